The van der Waals surface area contributed by atoms with E-state index >= 15 is 0 Å². The van der Waals surface area contributed by atoms with Crippen molar-refractivity contribution in [2.45, 2.75) is 51.4 Å². The zero-order valence-electron chi connectivity index (χ0n) is 13.7. The van der Waals surface area contributed by atoms with E-state index in [1.54, 1.807) is 0 Å². The molecule has 1 aromatic rings. The molecule has 1 aromatic heterocycles. The standard InChI is InChI=1S/C17H24NO3PS/c1-3-20-22(19,21-4-2)15-9-14-12-8-13(16(14)18-17(15)23)11-7-5-6-10(11)12/h9-13H,3-8H2,1-2H3,(H,18,23)/t10-,11+,12+,13+/m1/s1. The lowest BCUT2D eigenvalue weighted by molar-refractivity contribution is 0.229. The summed E-state index contributed by atoms with van der Waals surface area (Å²) in [6.45, 7) is 4.35. The van der Waals surface area contributed by atoms with Crippen LogP contribution in [0.5, 0.6) is 0 Å². The molecule has 0 aromatic carbocycles. The van der Waals surface area contributed by atoms with E-state index in [4.69, 9.17) is 21.3 Å². The summed E-state index contributed by atoms with van der Waals surface area (Å²) in [5.41, 5.74) is 2.62. The van der Waals surface area contributed by atoms with Crippen molar-refractivity contribution in [1.82, 2.24) is 4.98 Å². The minimum atomic E-state index is -3.33. The first kappa shape index (κ1) is 16.0. The minimum Gasteiger partial charge on any atom is -0.349 e. The number of rotatable bonds is 5. The van der Waals surface area contributed by atoms with E-state index in [1.165, 1.54) is 36.9 Å². The van der Waals surface area contributed by atoms with E-state index in [0.29, 0.717) is 35.0 Å². The molecule has 0 amide bonds. The molecule has 1 N–H and O–H groups in total. The molecule has 126 valence electrons. The Kier molecular flexibility index (Phi) is 4.04. The molecule has 0 saturated heterocycles. The van der Waals surface area contributed by atoms with Crippen molar-refractivity contribution in [2.24, 2.45) is 11.8 Å². The van der Waals surface area contributed by atoms with Crippen molar-refractivity contribution in [1.29, 1.82) is 0 Å². The summed E-state index contributed by atoms with van der Waals surface area (Å²) >= 11 is 5.52. The van der Waals surface area contributed by atoms with Crippen LogP contribution in [0.1, 0.15) is 62.6 Å². The first-order valence-electron chi connectivity index (χ1n) is 8.75. The molecule has 0 aliphatic heterocycles. The first-order chi connectivity index (χ1) is 11.1. The van der Waals surface area contributed by atoms with Crippen LogP contribution >= 0.6 is 19.8 Å². The van der Waals surface area contributed by atoms with E-state index in [-0.39, 0.29) is 0 Å². The number of hydrogen-bond acceptors (Lipinski definition) is 4. The van der Waals surface area contributed by atoms with Crippen LogP contribution in [0.2, 0.25) is 0 Å². The fraction of sp³-hybridized carbons (Fsp3) is 0.706. The van der Waals surface area contributed by atoms with Gasteiger partial charge in [0.25, 0.3) is 0 Å². The third-order valence-electron chi connectivity index (χ3n) is 5.91. The molecule has 0 radical (unpaired) electrons. The second-order valence-electron chi connectivity index (χ2n) is 6.89. The Bertz CT molecular complexity index is 721. The first-order valence-corrected chi connectivity index (χ1v) is 10.7. The van der Waals surface area contributed by atoms with Gasteiger partial charge in [-0.3, -0.25) is 4.57 Å². The smallest absolute Gasteiger partial charge is 0.349 e. The number of aromatic nitrogens is 1. The van der Waals surface area contributed by atoms with Crippen LogP contribution in [0.4, 0.5) is 0 Å². The summed E-state index contributed by atoms with van der Waals surface area (Å²) < 4.78 is 24.7. The highest BCUT2D eigenvalue weighted by Gasteiger charge is 2.53. The maximum Gasteiger partial charge on any atom is 0.364 e. The summed E-state index contributed by atoms with van der Waals surface area (Å²) in [6, 6.07) is 2.04. The second-order valence-corrected chi connectivity index (χ2v) is 9.29. The Morgan fingerprint density at radius 2 is 1.87 bits per heavy atom. The lowest BCUT2D eigenvalue weighted by atomic mass is 9.80. The number of aromatic amines is 1. The largest absolute Gasteiger partial charge is 0.364 e. The number of H-pyrrole nitrogens is 1. The van der Waals surface area contributed by atoms with Crippen molar-refractivity contribution >= 4 is 25.1 Å². The molecule has 2 fully saturated rings. The Morgan fingerprint density at radius 3 is 2.52 bits per heavy atom. The third-order valence-corrected chi connectivity index (χ3v) is 8.53. The lowest BCUT2D eigenvalue weighted by Gasteiger charge is -2.28. The summed E-state index contributed by atoms with van der Waals surface area (Å²) in [7, 11) is -3.33. The van der Waals surface area contributed by atoms with Crippen molar-refractivity contribution in [3.05, 3.63) is 22.0 Å². The van der Waals surface area contributed by atoms with Gasteiger partial charge in [-0.25, -0.2) is 0 Å². The van der Waals surface area contributed by atoms with Gasteiger partial charge in [-0.05, 0) is 62.5 Å². The highest BCUT2D eigenvalue weighted by atomic mass is 32.1. The van der Waals surface area contributed by atoms with Gasteiger partial charge in [-0.15, -0.1) is 0 Å². The van der Waals surface area contributed by atoms with Crippen molar-refractivity contribution in [3.8, 4) is 0 Å². The second kappa shape index (κ2) is 5.80. The van der Waals surface area contributed by atoms with Gasteiger partial charge in [0.15, 0.2) is 0 Å². The van der Waals surface area contributed by atoms with Gasteiger partial charge in [0, 0.05) is 11.6 Å². The summed E-state index contributed by atoms with van der Waals surface area (Å²) in [5.74, 6) is 2.86. The fourth-order valence-electron chi connectivity index (χ4n) is 5.21. The molecule has 4 nitrogen and oxygen atoms in total. The summed E-state index contributed by atoms with van der Waals surface area (Å²) in [5, 5.41) is 0.553. The average Bonchev–Trinajstić information content (AvgIpc) is 3.18. The molecule has 3 aliphatic rings. The highest BCUT2D eigenvalue weighted by Crippen LogP contribution is 2.64. The van der Waals surface area contributed by atoms with Crippen LogP contribution in [-0.2, 0) is 13.6 Å². The Hall–Kier alpha value is -0.480. The number of nitrogens with one attached hydrogen (secondary N) is 1. The molecular weight excluding hydrogens is 329 g/mol. The maximum atomic E-state index is 13.1. The van der Waals surface area contributed by atoms with Crippen LogP contribution in [0.15, 0.2) is 6.07 Å². The molecular formula is C17H24NO3PS. The number of hydrogen-bond donors (Lipinski definition) is 1. The van der Waals surface area contributed by atoms with Crippen LogP contribution < -0.4 is 5.30 Å². The van der Waals surface area contributed by atoms with E-state index in [0.717, 1.165) is 11.8 Å². The van der Waals surface area contributed by atoms with Crippen molar-refractivity contribution in [2.75, 3.05) is 13.2 Å². The van der Waals surface area contributed by atoms with E-state index < -0.39 is 7.60 Å². The van der Waals surface area contributed by atoms with Gasteiger partial charge < -0.3 is 14.0 Å². The predicted molar refractivity (Wildman–Crippen MR) is 93.0 cm³/mol. The topological polar surface area (TPSA) is 51.3 Å². The molecule has 3 aliphatic carbocycles. The third kappa shape index (κ3) is 2.31. The normalized spacial score (nSPS) is 31.4. The van der Waals surface area contributed by atoms with E-state index in [2.05, 4.69) is 4.98 Å². The molecule has 2 saturated carbocycles. The van der Waals surface area contributed by atoms with Gasteiger partial charge >= 0.3 is 7.60 Å². The lowest BCUT2D eigenvalue weighted by Crippen LogP contribution is -2.22. The van der Waals surface area contributed by atoms with Crippen LogP contribution in [0, 0.1) is 16.5 Å². The zero-order valence-corrected chi connectivity index (χ0v) is 15.4. The van der Waals surface area contributed by atoms with Crippen LogP contribution in [-0.4, -0.2) is 18.2 Å². The van der Waals surface area contributed by atoms with Gasteiger partial charge in [0.05, 0.1) is 18.5 Å². The van der Waals surface area contributed by atoms with Gasteiger partial charge in [-0.2, -0.15) is 0 Å². The average molecular weight is 353 g/mol. The molecule has 6 heteroatoms. The highest BCUT2D eigenvalue weighted by molar-refractivity contribution is 7.72. The molecule has 2 bridgehead atoms. The van der Waals surface area contributed by atoms with Gasteiger partial charge in [0.2, 0.25) is 0 Å². The van der Waals surface area contributed by atoms with Gasteiger partial charge in [-0.1, -0.05) is 18.6 Å². The number of fused-ring (bicyclic) bond motifs is 8. The Morgan fingerprint density at radius 1 is 1.22 bits per heavy atom. The monoisotopic (exact) mass is 353 g/mol. The molecule has 0 unspecified atom stereocenters. The predicted octanol–water partition coefficient (Wildman–Crippen LogP) is 4.64. The summed E-state index contributed by atoms with van der Waals surface area (Å²) in [4.78, 5) is 3.41. The SMILES string of the molecule is CCOP(=O)(OCC)c1cc2c([nH]c1=S)[C@H]1C[C@H]2[C@@H]2CCC[C@@H]21. The molecule has 23 heavy (non-hydrogen) atoms. The Labute approximate surface area is 142 Å². The molecule has 4 rings (SSSR count). The van der Waals surface area contributed by atoms with Crippen LogP contribution in [0.25, 0.3) is 0 Å². The minimum absolute atomic E-state index is 0.347. The van der Waals surface area contributed by atoms with Gasteiger partial charge in [0.1, 0.15) is 4.64 Å². The molecule has 0 spiro atoms. The quantitative estimate of drug-likeness (QED) is 0.619. The Balaban J connectivity index is 1.79. The molecule has 1 heterocycles. The van der Waals surface area contributed by atoms with E-state index in [9.17, 15) is 4.57 Å². The van der Waals surface area contributed by atoms with Crippen molar-refractivity contribution < 1.29 is 13.6 Å². The number of pyridine rings is 1. The fourth-order valence-corrected chi connectivity index (χ4v) is 7.35. The maximum absolute atomic E-state index is 13.1. The van der Waals surface area contributed by atoms with Crippen molar-refractivity contribution in [3.63, 3.8) is 0 Å². The zero-order chi connectivity index (χ0) is 16.2. The molecule has 4 atom stereocenters. The van der Waals surface area contributed by atoms with E-state index in [1.807, 2.05) is 19.9 Å². The summed E-state index contributed by atoms with van der Waals surface area (Å²) in [6.07, 6.45) is 5.27. The van der Waals surface area contributed by atoms with Crippen LogP contribution in [0.3, 0.4) is 0 Å².